The molecule has 2 aromatic rings. The van der Waals surface area contributed by atoms with Crippen LogP contribution in [0.5, 0.6) is 5.75 Å². The van der Waals surface area contributed by atoms with Crippen LogP contribution in [0.15, 0.2) is 42.5 Å². The zero-order chi connectivity index (χ0) is 20.0. The van der Waals surface area contributed by atoms with Gasteiger partial charge in [0.25, 0.3) is 5.91 Å². The Labute approximate surface area is 164 Å². The molecule has 0 radical (unpaired) electrons. The molecule has 1 atom stereocenters. The number of carbonyl (C=O) groups excluding carboxylic acids is 2. The summed E-state index contributed by atoms with van der Waals surface area (Å²) < 4.78 is 10.8. The number of halogens is 1. The summed E-state index contributed by atoms with van der Waals surface area (Å²) in [6.45, 7) is 7.81. The molecular formula is C21H24ClNO4. The second-order valence-electron chi connectivity index (χ2n) is 6.36. The minimum absolute atomic E-state index is 0.213. The van der Waals surface area contributed by atoms with Gasteiger partial charge in [-0.15, -0.1) is 0 Å². The molecule has 2 aromatic carbocycles. The highest BCUT2D eigenvalue weighted by Gasteiger charge is 2.18. The fourth-order valence-corrected chi connectivity index (χ4v) is 2.78. The van der Waals surface area contributed by atoms with Gasteiger partial charge in [0.15, 0.2) is 6.10 Å². The number of rotatable bonds is 7. The molecule has 0 spiro atoms. The third kappa shape index (κ3) is 5.47. The number of carbonyl (C=O) groups is 2. The number of para-hydroxylation sites is 1. The van der Waals surface area contributed by atoms with Crippen molar-refractivity contribution in [2.24, 2.45) is 0 Å². The molecule has 5 nitrogen and oxygen atoms in total. The molecule has 2 rings (SSSR count). The van der Waals surface area contributed by atoms with Crippen LogP contribution in [-0.2, 0) is 9.53 Å². The summed E-state index contributed by atoms with van der Waals surface area (Å²) in [6.07, 6.45) is -0.701. The molecule has 1 N–H and O–H groups in total. The minimum atomic E-state index is -0.701. The first kappa shape index (κ1) is 20.8. The molecule has 0 saturated heterocycles. The zero-order valence-electron chi connectivity index (χ0n) is 15.9. The van der Waals surface area contributed by atoms with Gasteiger partial charge >= 0.3 is 5.97 Å². The molecular weight excluding hydrogens is 366 g/mol. The largest absolute Gasteiger partial charge is 0.481 e. The first-order valence-electron chi connectivity index (χ1n) is 8.86. The summed E-state index contributed by atoms with van der Waals surface area (Å²) in [7, 11) is 0. The van der Waals surface area contributed by atoms with Gasteiger partial charge in [-0.3, -0.25) is 4.79 Å². The second-order valence-corrected chi connectivity index (χ2v) is 6.76. The van der Waals surface area contributed by atoms with E-state index in [0.717, 1.165) is 5.56 Å². The van der Waals surface area contributed by atoms with Crippen molar-refractivity contribution in [3.8, 4) is 5.75 Å². The minimum Gasteiger partial charge on any atom is -0.481 e. The average molecular weight is 390 g/mol. The number of hydrogen-bond acceptors (Lipinski definition) is 4. The van der Waals surface area contributed by atoms with E-state index < -0.39 is 12.1 Å². The normalized spacial score (nSPS) is 11.8. The summed E-state index contributed by atoms with van der Waals surface area (Å²) in [5.41, 5.74) is 1.77. The average Bonchev–Trinajstić information content (AvgIpc) is 2.62. The van der Waals surface area contributed by atoms with E-state index >= 15 is 0 Å². The number of hydrogen-bond donors (Lipinski definition) is 1. The van der Waals surface area contributed by atoms with Crippen LogP contribution in [-0.4, -0.2) is 24.6 Å². The lowest BCUT2D eigenvalue weighted by Crippen LogP contribution is -2.30. The number of esters is 1. The molecule has 1 amide bonds. The SMILES string of the molecule is CCOC(=O)c1ccc(NC(=O)[C@@H](C)Oc2ccccc2C(C)C)cc1Cl. The van der Waals surface area contributed by atoms with E-state index in [1.165, 1.54) is 12.1 Å². The molecule has 0 heterocycles. The first-order valence-corrected chi connectivity index (χ1v) is 9.24. The topological polar surface area (TPSA) is 64.6 Å². The molecule has 0 unspecified atom stereocenters. The summed E-state index contributed by atoms with van der Waals surface area (Å²) in [4.78, 5) is 24.2. The van der Waals surface area contributed by atoms with E-state index in [4.69, 9.17) is 21.1 Å². The monoisotopic (exact) mass is 389 g/mol. The highest BCUT2D eigenvalue weighted by Crippen LogP contribution is 2.27. The molecule has 0 aliphatic carbocycles. The molecule has 0 aromatic heterocycles. The van der Waals surface area contributed by atoms with Gasteiger partial charge in [-0.1, -0.05) is 43.6 Å². The van der Waals surface area contributed by atoms with Crippen LogP contribution < -0.4 is 10.1 Å². The van der Waals surface area contributed by atoms with E-state index in [1.54, 1.807) is 19.9 Å². The Morgan fingerprint density at radius 2 is 1.81 bits per heavy atom. The molecule has 0 saturated carbocycles. The number of anilines is 1. The van der Waals surface area contributed by atoms with Crippen molar-refractivity contribution in [1.29, 1.82) is 0 Å². The van der Waals surface area contributed by atoms with Gasteiger partial charge in [-0.2, -0.15) is 0 Å². The Balaban J connectivity index is 2.07. The van der Waals surface area contributed by atoms with Gasteiger partial charge in [0.1, 0.15) is 5.75 Å². The van der Waals surface area contributed by atoms with Crippen LogP contribution in [0.3, 0.4) is 0 Å². The molecule has 0 aliphatic heterocycles. The van der Waals surface area contributed by atoms with Crippen LogP contribution in [0.4, 0.5) is 5.69 Å². The summed E-state index contributed by atoms with van der Waals surface area (Å²) in [5, 5.41) is 2.96. The van der Waals surface area contributed by atoms with Crippen LogP contribution in [0.2, 0.25) is 5.02 Å². The smallest absolute Gasteiger partial charge is 0.339 e. The second kappa shape index (κ2) is 9.42. The van der Waals surface area contributed by atoms with Gasteiger partial charge in [0.05, 0.1) is 17.2 Å². The first-order chi connectivity index (χ1) is 12.8. The van der Waals surface area contributed by atoms with Crippen molar-refractivity contribution >= 4 is 29.2 Å². The van der Waals surface area contributed by atoms with E-state index in [9.17, 15) is 9.59 Å². The molecule has 144 valence electrons. The van der Waals surface area contributed by atoms with Crippen molar-refractivity contribution in [1.82, 2.24) is 0 Å². The van der Waals surface area contributed by atoms with Crippen molar-refractivity contribution in [2.75, 3.05) is 11.9 Å². The van der Waals surface area contributed by atoms with Gasteiger partial charge in [0, 0.05) is 5.69 Å². The predicted molar refractivity (Wildman–Crippen MR) is 107 cm³/mol. The third-order valence-corrected chi connectivity index (χ3v) is 4.26. The van der Waals surface area contributed by atoms with Crippen LogP contribution in [0, 0.1) is 0 Å². The number of benzene rings is 2. The third-order valence-electron chi connectivity index (χ3n) is 3.95. The molecule has 0 aliphatic rings. The van der Waals surface area contributed by atoms with E-state index in [-0.39, 0.29) is 29.0 Å². The highest BCUT2D eigenvalue weighted by atomic mass is 35.5. The number of amides is 1. The zero-order valence-corrected chi connectivity index (χ0v) is 16.7. The Morgan fingerprint density at radius 1 is 1.11 bits per heavy atom. The predicted octanol–water partition coefficient (Wildman–Crippen LogP) is 5.05. The van der Waals surface area contributed by atoms with Crippen molar-refractivity contribution in [2.45, 2.75) is 39.7 Å². The van der Waals surface area contributed by atoms with Gasteiger partial charge in [0.2, 0.25) is 0 Å². The lowest BCUT2D eigenvalue weighted by atomic mass is 10.0. The van der Waals surface area contributed by atoms with E-state index in [2.05, 4.69) is 19.2 Å². The number of nitrogens with one attached hydrogen (secondary N) is 1. The molecule has 0 fully saturated rings. The molecule has 0 bridgehead atoms. The van der Waals surface area contributed by atoms with Crippen LogP contribution >= 0.6 is 11.6 Å². The van der Waals surface area contributed by atoms with Crippen molar-refractivity contribution in [3.05, 3.63) is 58.6 Å². The van der Waals surface area contributed by atoms with Gasteiger partial charge in [-0.25, -0.2) is 4.79 Å². The van der Waals surface area contributed by atoms with Crippen LogP contribution in [0.25, 0.3) is 0 Å². The Morgan fingerprint density at radius 3 is 2.44 bits per heavy atom. The summed E-state index contributed by atoms with van der Waals surface area (Å²) in [5.74, 6) is 0.160. The Hall–Kier alpha value is -2.53. The Bertz CT molecular complexity index is 820. The standard InChI is InChI=1S/C21H24ClNO4/c1-5-26-21(25)17-11-10-15(12-18(17)22)23-20(24)14(4)27-19-9-7-6-8-16(19)13(2)3/h6-14H,5H2,1-4H3,(H,23,24)/t14-/m1/s1. The quantitative estimate of drug-likeness (QED) is 0.673. The van der Waals surface area contributed by atoms with Crippen LogP contribution in [0.1, 0.15) is 49.5 Å². The summed E-state index contributed by atoms with van der Waals surface area (Å²) >= 11 is 6.13. The molecule has 27 heavy (non-hydrogen) atoms. The van der Waals surface area contributed by atoms with E-state index in [0.29, 0.717) is 11.4 Å². The highest BCUT2D eigenvalue weighted by molar-refractivity contribution is 6.34. The maximum atomic E-state index is 12.5. The summed E-state index contributed by atoms with van der Waals surface area (Å²) in [6, 6.07) is 12.3. The van der Waals surface area contributed by atoms with Crippen molar-refractivity contribution < 1.29 is 19.1 Å². The fourth-order valence-electron chi connectivity index (χ4n) is 2.52. The van der Waals surface area contributed by atoms with E-state index in [1.807, 2.05) is 24.3 Å². The fraction of sp³-hybridized carbons (Fsp3) is 0.333. The lowest BCUT2D eigenvalue weighted by molar-refractivity contribution is -0.122. The lowest BCUT2D eigenvalue weighted by Gasteiger charge is -2.19. The number of ether oxygens (including phenoxy) is 2. The maximum absolute atomic E-state index is 12.5. The van der Waals surface area contributed by atoms with Gasteiger partial charge < -0.3 is 14.8 Å². The van der Waals surface area contributed by atoms with Gasteiger partial charge in [-0.05, 0) is 49.6 Å². The molecule has 6 heteroatoms. The maximum Gasteiger partial charge on any atom is 0.339 e. The van der Waals surface area contributed by atoms with Crippen molar-refractivity contribution in [3.63, 3.8) is 0 Å². The Kier molecular flexibility index (Phi) is 7.25.